The molecule has 1 aromatic carbocycles. The molecule has 0 unspecified atom stereocenters. The molecule has 30 heavy (non-hydrogen) atoms. The Balaban J connectivity index is 1.33. The minimum absolute atomic E-state index is 0.125. The van der Waals surface area contributed by atoms with E-state index in [1.54, 1.807) is 18.4 Å². The van der Waals surface area contributed by atoms with Crippen LogP contribution >= 0.6 is 11.3 Å². The molecule has 2 N–H and O–H groups in total. The fourth-order valence-electron chi connectivity index (χ4n) is 3.57. The largest absolute Gasteiger partial charge is 0.462 e. The zero-order valence-electron chi connectivity index (χ0n) is 16.9. The maximum Gasteiger partial charge on any atom is 0.341 e. The van der Waals surface area contributed by atoms with Gasteiger partial charge in [0.1, 0.15) is 5.00 Å². The van der Waals surface area contributed by atoms with Crippen LogP contribution in [0.3, 0.4) is 0 Å². The highest BCUT2D eigenvalue weighted by Gasteiger charge is 2.21. The molecule has 1 fully saturated rings. The number of hydrogen-bond donors (Lipinski definition) is 2. The van der Waals surface area contributed by atoms with Crippen LogP contribution in [0.1, 0.15) is 23.7 Å². The number of para-hydroxylation sites is 2. The molecule has 3 aromatic rings. The third-order valence-electron chi connectivity index (χ3n) is 5.05. The van der Waals surface area contributed by atoms with Crippen molar-refractivity contribution in [1.82, 2.24) is 14.9 Å². The van der Waals surface area contributed by atoms with E-state index < -0.39 is 5.97 Å². The van der Waals surface area contributed by atoms with Gasteiger partial charge in [-0.15, -0.1) is 11.3 Å². The second-order valence-electron chi connectivity index (χ2n) is 7.13. The first-order chi connectivity index (χ1) is 14.6. The van der Waals surface area contributed by atoms with Gasteiger partial charge >= 0.3 is 5.97 Å². The average Bonchev–Trinajstić information content (AvgIpc) is 3.30. The Kier molecular flexibility index (Phi) is 6.29. The number of carbonyl (C=O) groups excluding carboxylic acids is 2. The molecule has 8 nitrogen and oxygen atoms in total. The van der Waals surface area contributed by atoms with Crippen LogP contribution in [0, 0.1) is 0 Å². The molecule has 4 rings (SSSR count). The van der Waals surface area contributed by atoms with Crippen molar-refractivity contribution in [1.29, 1.82) is 0 Å². The van der Waals surface area contributed by atoms with Gasteiger partial charge in [-0.1, -0.05) is 12.1 Å². The number of imidazole rings is 1. The number of esters is 1. The molecule has 0 aliphatic carbocycles. The van der Waals surface area contributed by atoms with Crippen molar-refractivity contribution in [2.24, 2.45) is 0 Å². The minimum atomic E-state index is -0.412. The highest BCUT2D eigenvalue weighted by molar-refractivity contribution is 7.14. The first-order valence-corrected chi connectivity index (χ1v) is 11.0. The Hall–Kier alpha value is -2.91. The molecule has 3 heterocycles. The molecule has 2 aromatic heterocycles. The van der Waals surface area contributed by atoms with Gasteiger partial charge in [-0.05, 0) is 36.9 Å². The van der Waals surface area contributed by atoms with E-state index in [0.717, 1.165) is 49.6 Å². The van der Waals surface area contributed by atoms with Gasteiger partial charge in [0, 0.05) is 26.2 Å². The Labute approximate surface area is 178 Å². The summed E-state index contributed by atoms with van der Waals surface area (Å²) < 4.78 is 5.04. The lowest BCUT2D eigenvalue weighted by atomic mass is 10.3. The summed E-state index contributed by atoms with van der Waals surface area (Å²) in [4.78, 5) is 37.0. The number of aromatic nitrogens is 2. The maximum atomic E-state index is 12.6. The number of benzene rings is 1. The van der Waals surface area contributed by atoms with Gasteiger partial charge in [-0.25, -0.2) is 9.78 Å². The van der Waals surface area contributed by atoms with Crippen LogP contribution in [0.4, 0.5) is 10.9 Å². The van der Waals surface area contributed by atoms with Crippen LogP contribution in [0.2, 0.25) is 0 Å². The molecule has 0 radical (unpaired) electrons. The number of ether oxygens (including phenoxy) is 1. The summed E-state index contributed by atoms with van der Waals surface area (Å²) >= 11 is 1.33. The van der Waals surface area contributed by atoms with Crippen LogP contribution in [0.5, 0.6) is 0 Å². The van der Waals surface area contributed by atoms with E-state index >= 15 is 0 Å². The molecular formula is C21H25N5O3S. The molecule has 158 valence electrons. The number of nitrogens with zero attached hydrogens (tertiary/aromatic N) is 3. The molecule has 1 amide bonds. The fraction of sp³-hybridized carbons (Fsp3) is 0.381. The summed E-state index contributed by atoms with van der Waals surface area (Å²) in [5.74, 6) is 0.339. The molecule has 0 atom stereocenters. The third-order valence-corrected chi connectivity index (χ3v) is 5.88. The average molecular weight is 428 g/mol. The monoisotopic (exact) mass is 427 g/mol. The van der Waals surface area contributed by atoms with E-state index in [0.29, 0.717) is 17.2 Å². The van der Waals surface area contributed by atoms with Crippen molar-refractivity contribution < 1.29 is 14.3 Å². The summed E-state index contributed by atoms with van der Waals surface area (Å²) in [6.45, 7) is 5.62. The first kappa shape index (κ1) is 20.4. The standard InChI is InChI=1S/C21H25N5O3S/c1-2-29-20(28)15-8-13-30-19(15)24-18(27)14-25-9-5-10-26(12-11-25)21-22-16-6-3-4-7-17(16)23-21/h3-4,6-8,13H,2,5,9-12,14H2,1H3,(H,22,23)(H,24,27). The van der Waals surface area contributed by atoms with Crippen molar-refractivity contribution in [2.45, 2.75) is 13.3 Å². The molecule has 1 aliphatic rings. The van der Waals surface area contributed by atoms with E-state index in [2.05, 4.69) is 25.1 Å². The van der Waals surface area contributed by atoms with Crippen LogP contribution in [0.15, 0.2) is 35.7 Å². The smallest absolute Gasteiger partial charge is 0.341 e. The Bertz CT molecular complexity index is 998. The van der Waals surface area contributed by atoms with Gasteiger partial charge in [0.15, 0.2) is 0 Å². The third kappa shape index (κ3) is 4.63. The van der Waals surface area contributed by atoms with Crippen molar-refractivity contribution in [3.8, 4) is 0 Å². The van der Waals surface area contributed by atoms with Crippen LogP contribution < -0.4 is 10.2 Å². The van der Waals surface area contributed by atoms with Crippen molar-refractivity contribution in [3.63, 3.8) is 0 Å². The number of rotatable bonds is 6. The van der Waals surface area contributed by atoms with Gasteiger partial charge in [-0.3, -0.25) is 9.69 Å². The minimum Gasteiger partial charge on any atom is -0.462 e. The first-order valence-electron chi connectivity index (χ1n) is 10.1. The van der Waals surface area contributed by atoms with Gasteiger partial charge < -0.3 is 19.9 Å². The highest BCUT2D eigenvalue weighted by Crippen LogP contribution is 2.24. The molecule has 0 saturated carbocycles. The summed E-state index contributed by atoms with van der Waals surface area (Å²) in [5, 5.41) is 5.18. The summed E-state index contributed by atoms with van der Waals surface area (Å²) in [5.41, 5.74) is 2.39. The lowest BCUT2D eigenvalue weighted by Gasteiger charge is -2.21. The summed E-state index contributed by atoms with van der Waals surface area (Å²) in [6.07, 6.45) is 0.942. The quantitative estimate of drug-likeness (QED) is 0.588. The maximum absolute atomic E-state index is 12.6. The van der Waals surface area contributed by atoms with E-state index in [9.17, 15) is 9.59 Å². The molecule has 0 spiro atoms. The number of aromatic amines is 1. The van der Waals surface area contributed by atoms with Crippen molar-refractivity contribution in [3.05, 3.63) is 41.3 Å². The second kappa shape index (κ2) is 9.27. The Morgan fingerprint density at radius 3 is 2.90 bits per heavy atom. The number of hydrogen-bond acceptors (Lipinski definition) is 7. The fourth-order valence-corrected chi connectivity index (χ4v) is 4.37. The lowest BCUT2D eigenvalue weighted by Crippen LogP contribution is -2.36. The van der Waals surface area contributed by atoms with E-state index in [1.165, 1.54) is 11.3 Å². The van der Waals surface area contributed by atoms with Gasteiger partial charge in [-0.2, -0.15) is 0 Å². The predicted molar refractivity (Wildman–Crippen MR) is 118 cm³/mol. The van der Waals surface area contributed by atoms with Gasteiger partial charge in [0.05, 0.1) is 29.7 Å². The predicted octanol–water partition coefficient (Wildman–Crippen LogP) is 2.95. The molecular weight excluding hydrogens is 402 g/mol. The van der Waals surface area contributed by atoms with Crippen LogP contribution in [0.25, 0.3) is 11.0 Å². The second-order valence-corrected chi connectivity index (χ2v) is 8.04. The van der Waals surface area contributed by atoms with E-state index in [4.69, 9.17) is 4.74 Å². The number of carbonyl (C=O) groups is 2. The zero-order valence-corrected chi connectivity index (χ0v) is 17.7. The van der Waals surface area contributed by atoms with Crippen LogP contribution in [-0.4, -0.2) is 66.1 Å². The Morgan fingerprint density at radius 2 is 2.07 bits per heavy atom. The number of anilines is 2. The molecule has 1 saturated heterocycles. The Morgan fingerprint density at radius 1 is 1.20 bits per heavy atom. The number of thiophene rings is 1. The molecule has 0 bridgehead atoms. The number of fused-ring (bicyclic) bond motifs is 1. The number of H-pyrrole nitrogens is 1. The SMILES string of the molecule is CCOC(=O)c1ccsc1NC(=O)CN1CCCN(c2nc3ccccc3[nH]2)CC1. The topological polar surface area (TPSA) is 90.6 Å². The summed E-state index contributed by atoms with van der Waals surface area (Å²) in [7, 11) is 0. The van der Waals surface area contributed by atoms with E-state index in [1.807, 2.05) is 24.3 Å². The lowest BCUT2D eigenvalue weighted by molar-refractivity contribution is -0.117. The normalized spacial score (nSPS) is 15.2. The van der Waals surface area contributed by atoms with E-state index in [-0.39, 0.29) is 12.5 Å². The number of nitrogens with one attached hydrogen (secondary N) is 2. The highest BCUT2D eigenvalue weighted by atomic mass is 32.1. The summed E-state index contributed by atoms with van der Waals surface area (Å²) in [6, 6.07) is 9.68. The molecule has 1 aliphatic heterocycles. The van der Waals surface area contributed by atoms with Crippen molar-refractivity contribution in [2.75, 3.05) is 49.5 Å². The number of amides is 1. The molecule has 9 heteroatoms. The van der Waals surface area contributed by atoms with Gasteiger partial charge in [0.25, 0.3) is 0 Å². The van der Waals surface area contributed by atoms with Gasteiger partial charge in [0.2, 0.25) is 11.9 Å². The zero-order chi connectivity index (χ0) is 20.9. The van der Waals surface area contributed by atoms with Crippen LogP contribution in [-0.2, 0) is 9.53 Å². The van der Waals surface area contributed by atoms with Crippen molar-refractivity contribution >= 4 is 45.2 Å².